The molecule has 1 N–H and O–H groups in total. The number of piperazine rings is 1. The molecule has 0 atom stereocenters. The number of benzene rings is 1. The number of hydrogen-bond acceptors (Lipinski definition) is 5. The van der Waals surface area contributed by atoms with Crippen LogP contribution in [-0.4, -0.2) is 58.7 Å². The highest BCUT2D eigenvalue weighted by Crippen LogP contribution is 2.33. The van der Waals surface area contributed by atoms with Gasteiger partial charge in [-0.1, -0.05) is 34.1 Å². The molecular formula is C22H20BrClF3N5O3. The van der Waals surface area contributed by atoms with E-state index in [0.29, 0.717) is 23.3 Å². The summed E-state index contributed by atoms with van der Waals surface area (Å²) in [6, 6.07) is 5.31. The summed E-state index contributed by atoms with van der Waals surface area (Å²) in [5.74, 6) is -1.26. The summed E-state index contributed by atoms with van der Waals surface area (Å²) < 4.78 is 44.2. The SMILES string of the molecule is C=C(CC=C(Cl)N=CC)n1nc(C(=O)N2CCNC(=O)C2)cc1-c1cc(Br)cc(OC(F)(F)F)c1. The van der Waals surface area contributed by atoms with Crippen molar-refractivity contribution < 1.29 is 27.5 Å². The van der Waals surface area contributed by atoms with Gasteiger partial charge < -0.3 is 15.0 Å². The monoisotopic (exact) mass is 573 g/mol. The minimum Gasteiger partial charge on any atom is -0.406 e. The van der Waals surface area contributed by atoms with Crippen LogP contribution in [0, 0.1) is 0 Å². The largest absolute Gasteiger partial charge is 0.573 e. The molecule has 35 heavy (non-hydrogen) atoms. The van der Waals surface area contributed by atoms with Crippen molar-refractivity contribution in [2.24, 2.45) is 4.99 Å². The Kier molecular flexibility index (Phi) is 8.39. The number of aliphatic imine (C=N–C) groups is 1. The highest BCUT2D eigenvalue weighted by molar-refractivity contribution is 9.10. The first-order valence-electron chi connectivity index (χ1n) is 10.2. The number of carbonyl (C=O) groups excluding carboxylic acids is 2. The fraction of sp³-hybridized carbons (Fsp3) is 0.273. The number of nitrogens with one attached hydrogen (secondary N) is 1. The van der Waals surface area contributed by atoms with Gasteiger partial charge in [0, 0.05) is 41.5 Å². The maximum absolute atomic E-state index is 13.0. The van der Waals surface area contributed by atoms with Gasteiger partial charge in [0.25, 0.3) is 5.91 Å². The number of carbonyl (C=O) groups is 2. The zero-order valence-electron chi connectivity index (χ0n) is 18.4. The molecule has 2 heterocycles. The summed E-state index contributed by atoms with van der Waals surface area (Å²) in [5, 5.41) is 7.19. The normalized spacial score (nSPS) is 14.9. The third-order valence-corrected chi connectivity index (χ3v) is 5.42. The molecule has 2 aromatic rings. The van der Waals surface area contributed by atoms with Crippen LogP contribution in [0.15, 0.2) is 51.5 Å². The van der Waals surface area contributed by atoms with Crippen LogP contribution < -0.4 is 10.1 Å². The molecule has 0 bridgehead atoms. The number of nitrogens with zero attached hydrogens (tertiary/aromatic N) is 4. The molecule has 1 aromatic heterocycles. The number of hydrogen-bond donors (Lipinski definition) is 1. The molecule has 8 nitrogen and oxygen atoms in total. The Hall–Kier alpha value is -3.12. The van der Waals surface area contributed by atoms with E-state index in [4.69, 9.17) is 11.6 Å². The number of allylic oxidation sites excluding steroid dienone is 2. The molecule has 13 heteroatoms. The number of rotatable bonds is 7. The highest BCUT2D eigenvalue weighted by atomic mass is 79.9. The van der Waals surface area contributed by atoms with Gasteiger partial charge in [-0.3, -0.25) is 9.59 Å². The summed E-state index contributed by atoms with van der Waals surface area (Å²) in [5.41, 5.74) is 0.940. The van der Waals surface area contributed by atoms with Gasteiger partial charge in [0.1, 0.15) is 10.9 Å². The van der Waals surface area contributed by atoms with Crippen molar-refractivity contribution in [1.82, 2.24) is 20.0 Å². The topological polar surface area (TPSA) is 88.8 Å². The van der Waals surface area contributed by atoms with Gasteiger partial charge in [-0.25, -0.2) is 9.67 Å². The molecular weight excluding hydrogens is 555 g/mol. The van der Waals surface area contributed by atoms with Crippen molar-refractivity contribution in [2.45, 2.75) is 19.7 Å². The maximum Gasteiger partial charge on any atom is 0.573 e. The molecule has 3 rings (SSSR count). The van der Waals surface area contributed by atoms with Crippen LogP contribution >= 0.6 is 27.5 Å². The van der Waals surface area contributed by atoms with Crippen LogP contribution in [0.5, 0.6) is 5.75 Å². The average molecular weight is 575 g/mol. The van der Waals surface area contributed by atoms with E-state index in [9.17, 15) is 22.8 Å². The van der Waals surface area contributed by atoms with E-state index >= 15 is 0 Å². The van der Waals surface area contributed by atoms with Crippen LogP contribution in [0.3, 0.4) is 0 Å². The lowest BCUT2D eigenvalue weighted by atomic mass is 10.1. The van der Waals surface area contributed by atoms with Crippen molar-refractivity contribution >= 4 is 51.3 Å². The van der Waals surface area contributed by atoms with Gasteiger partial charge >= 0.3 is 6.36 Å². The lowest BCUT2D eigenvalue weighted by molar-refractivity contribution is -0.274. The lowest BCUT2D eigenvalue weighted by Gasteiger charge is -2.25. The Morgan fingerprint density at radius 2 is 2.11 bits per heavy atom. The molecule has 0 unspecified atom stereocenters. The molecule has 186 valence electrons. The number of ether oxygens (including phenoxy) is 1. The van der Waals surface area contributed by atoms with Crippen LogP contribution in [0.4, 0.5) is 13.2 Å². The summed E-state index contributed by atoms with van der Waals surface area (Å²) in [7, 11) is 0. The van der Waals surface area contributed by atoms with Gasteiger partial charge in [-0.15, -0.1) is 13.2 Å². The Labute approximate surface area is 212 Å². The molecule has 1 aliphatic heterocycles. The third kappa shape index (κ3) is 7.18. The standard InChI is InChI=1S/C22H20BrClF3N5O3/c1-3-28-19(24)5-4-13(2)32-18(14-8-15(23)10-16(9-14)35-22(25,26)27)11-17(30-32)21(34)31-7-6-29-20(33)12-31/h3,5,8-11H,2,4,6-7,12H2,1H3,(H,29,33). The van der Waals surface area contributed by atoms with E-state index in [2.05, 4.69) is 42.7 Å². The molecule has 1 aliphatic rings. The summed E-state index contributed by atoms with van der Waals surface area (Å²) in [6.45, 7) is 6.14. The van der Waals surface area contributed by atoms with E-state index in [1.807, 2.05) is 0 Å². The first kappa shape index (κ1) is 26.5. The smallest absolute Gasteiger partial charge is 0.406 e. The Bertz CT molecular complexity index is 1210. The van der Waals surface area contributed by atoms with E-state index in [1.54, 1.807) is 19.1 Å². The maximum atomic E-state index is 13.0. The summed E-state index contributed by atoms with van der Waals surface area (Å²) in [6.07, 6.45) is -1.62. The molecule has 1 saturated heterocycles. The Morgan fingerprint density at radius 1 is 1.37 bits per heavy atom. The average Bonchev–Trinajstić information content (AvgIpc) is 3.21. The molecule has 2 amide bonds. The summed E-state index contributed by atoms with van der Waals surface area (Å²) in [4.78, 5) is 30.0. The van der Waals surface area contributed by atoms with Crippen molar-refractivity contribution in [3.8, 4) is 17.0 Å². The van der Waals surface area contributed by atoms with E-state index in [-0.39, 0.29) is 41.0 Å². The number of amides is 2. The van der Waals surface area contributed by atoms with Crippen LogP contribution in [0.1, 0.15) is 23.8 Å². The van der Waals surface area contributed by atoms with E-state index in [0.717, 1.165) is 6.07 Å². The van der Waals surface area contributed by atoms with Crippen molar-refractivity contribution in [2.75, 3.05) is 19.6 Å². The van der Waals surface area contributed by atoms with Crippen molar-refractivity contribution in [3.05, 3.63) is 52.2 Å². The van der Waals surface area contributed by atoms with Crippen LogP contribution in [0.2, 0.25) is 0 Å². The fourth-order valence-corrected chi connectivity index (χ4v) is 3.92. The zero-order valence-corrected chi connectivity index (χ0v) is 20.7. The first-order valence-corrected chi connectivity index (χ1v) is 11.4. The number of halogens is 5. The van der Waals surface area contributed by atoms with Gasteiger partial charge in [0.15, 0.2) is 5.69 Å². The molecule has 0 aliphatic carbocycles. The number of aromatic nitrogens is 2. The molecule has 0 radical (unpaired) electrons. The van der Waals surface area contributed by atoms with E-state index < -0.39 is 18.0 Å². The minimum absolute atomic E-state index is 0.00392. The molecule has 1 fully saturated rings. The van der Waals surface area contributed by atoms with Gasteiger partial charge in [-0.2, -0.15) is 5.10 Å². The van der Waals surface area contributed by atoms with Gasteiger partial charge in [-0.05, 0) is 37.3 Å². The minimum atomic E-state index is -4.89. The zero-order chi connectivity index (χ0) is 25.8. The highest BCUT2D eigenvalue weighted by Gasteiger charge is 2.32. The third-order valence-electron chi connectivity index (χ3n) is 4.71. The second kappa shape index (κ2) is 11.1. The molecule has 0 saturated carbocycles. The fourth-order valence-electron chi connectivity index (χ4n) is 3.27. The first-order chi connectivity index (χ1) is 16.5. The second-order valence-electron chi connectivity index (χ2n) is 7.31. The van der Waals surface area contributed by atoms with Crippen LogP contribution in [-0.2, 0) is 4.79 Å². The molecule has 0 spiro atoms. The molecule has 1 aromatic carbocycles. The van der Waals surface area contributed by atoms with Gasteiger partial charge in [0.05, 0.1) is 12.2 Å². The Balaban J connectivity index is 2.05. The number of alkyl halides is 3. The summed E-state index contributed by atoms with van der Waals surface area (Å²) >= 11 is 9.20. The predicted molar refractivity (Wildman–Crippen MR) is 129 cm³/mol. The van der Waals surface area contributed by atoms with Gasteiger partial charge in [0.2, 0.25) is 5.91 Å². The quantitative estimate of drug-likeness (QED) is 0.380. The predicted octanol–water partition coefficient (Wildman–Crippen LogP) is 4.81. The van der Waals surface area contributed by atoms with Crippen LogP contribution in [0.25, 0.3) is 17.0 Å². The lowest BCUT2D eigenvalue weighted by Crippen LogP contribution is -2.50. The van der Waals surface area contributed by atoms with Crippen molar-refractivity contribution in [3.63, 3.8) is 0 Å². The van der Waals surface area contributed by atoms with Crippen molar-refractivity contribution in [1.29, 1.82) is 0 Å². The Morgan fingerprint density at radius 3 is 2.77 bits per heavy atom. The van der Waals surface area contributed by atoms with E-state index in [1.165, 1.54) is 27.9 Å². The second-order valence-corrected chi connectivity index (χ2v) is 8.61.